The van der Waals surface area contributed by atoms with E-state index >= 15 is 0 Å². The number of fused-ring (bicyclic) bond motifs is 1. The van der Waals surface area contributed by atoms with E-state index in [1.165, 1.54) is 30.2 Å². The third-order valence-electron chi connectivity index (χ3n) is 4.92. The molecule has 0 spiro atoms. The first kappa shape index (κ1) is 23.3. The summed E-state index contributed by atoms with van der Waals surface area (Å²) >= 11 is 7.40. The van der Waals surface area contributed by atoms with E-state index in [4.69, 9.17) is 11.6 Å². The van der Waals surface area contributed by atoms with Gasteiger partial charge in [-0.2, -0.15) is 0 Å². The van der Waals surface area contributed by atoms with E-state index in [0.29, 0.717) is 16.2 Å². The van der Waals surface area contributed by atoms with Crippen molar-refractivity contribution in [2.45, 2.75) is 16.3 Å². The minimum Gasteiger partial charge on any atom is -0.383 e. The van der Waals surface area contributed by atoms with Gasteiger partial charge < -0.3 is 10.6 Å². The molecule has 4 rings (SSSR count). The number of para-hydroxylation sites is 1. The molecule has 0 aliphatic rings. The van der Waals surface area contributed by atoms with Crippen LogP contribution in [0.2, 0.25) is 5.02 Å². The Balaban J connectivity index is 1.57. The molecule has 11 heteroatoms. The van der Waals surface area contributed by atoms with Crippen LogP contribution in [0.1, 0.15) is 0 Å². The summed E-state index contributed by atoms with van der Waals surface area (Å²) in [5.41, 5.74) is 0.332. The van der Waals surface area contributed by atoms with E-state index in [9.17, 15) is 19.7 Å². The minimum atomic E-state index is -0.579. The quantitative estimate of drug-likeness (QED) is 0.279. The topological polar surface area (TPSA) is 119 Å². The number of aromatic nitrogens is 2. The zero-order valence-corrected chi connectivity index (χ0v) is 19.4. The maximum Gasteiger partial charge on any atom is 0.293 e. The number of hydrogen-bond acceptors (Lipinski definition) is 7. The first-order valence-corrected chi connectivity index (χ1v) is 11.2. The predicted octanol–water partition coefficient (Wildman–Crippen LogP) is 4.79. The lowest BCUT2D eigenvalue weighted by Crippen LogP contribution is -2.28. The van der Waals surface area contributed by atoms with Crippen molar-refractivity contribution in [3.8, 4) is 0 Å². The second-order valence-corrected chi connectivity index (χ2v) is 8.72. The van der Waals surface area contributed by atoms with Gasteiger partial charge in [0.2, 0.25) is 5.91 Å². The molecule has 2 N–H and O–H groups in total. The summed E-state index contributed by atoms with van der Waals surface area (Å²) in [4.78, 5) is 42.4. The van der Waals surface area contributed by atoms with Crippen LogP contribution in [0.25, 0.3) is 10.9 Å². The lowest BCUT2D eigenvalue weighted by molar-refractivity contribution is -0.383. The van der Waals surface area contributed by atoms with Gasteiger partial charge in [-0.05, 0) is 42.5 Å². The molecule has 0 atom stereocenters. The van der Waals surface area contributed by atoms with Gasteiger partial charge in [-0.3, -0.25) is 24.3 Å². The van der Waals surface area contributed by atoms with Crippen molar-refractivity contribution < 1.29 is 9.72 Å². The molecule has 0 aliphatic carbocycles. The summed E-state index contributed by atoms with van der Waals surface area (Å²) in [7, 11) is 1.54. The SMILES string of the molecule is CNc1cc2ncn(CC(=O)Nc3ccccc3Sc3ccc(Cl)cc3)c(=O)c2cc1[N+](=O)[O-]. The van der Waals surface area contributed by atoms with E-state index in [-0.39, 0.29) is 23.3 Å². The molecule has 0 fully saturated rings. The fourth-order valence-electron chi connectivity index (χ4n) is 3.29. The Morgan fingerprint density at radius 1 is 1.15 bits per heavy atom. The zero-order chi connectivity index (χ0) is 24.2. The van der Waals surface area contributed by atoms with E-state index in [1.807, 2.05) is 24.3 Å². The van der Waals surface area contributed by atoms with Crippen molar-refractivity contribution in [1.29, 1.82) is 0 Å². The fourth-order valence-corrected chi connectivity index (χ4v) is 4.32. The number of nitrogens with zero attached hydrogens (tertiary/aromatic N) is 3. The van der Waals surface area contributed by atoms with Gasteiger partial charge in [0.25, 0.3) is 11.2 Å². The maximum atomic E-state index is 12.9. The van der Waals surface area contributed by atoms with Crippen molar-refractivity contribution in [2.24, 2.45) is 0 Å². The van der Waals surface area contributed by atoms with Gasteiger partial charge in [0.05, 0.1) is 27.8 Å². The highest BCUT2D eigenvalue weighted by Crippen LogP contribution is 2.34. The summed E-state index contributed by atoms with van der Waals surface area (Å²) < 4.78 is 1.12. The molecular formula is C23H18ClN5O4S. The standard InChI is InChI=1S/C23H18ClN5O4S/c1-25-19-11-18-16(10-20(19)29(32)33)23(31)28(13-26-18)12-22(30)27-17-4-2-3-5-21(17)34-15-8-6-14(24)7-9-15/h2-11,13,25H,12H2,1H3,(H,27,30). The maximum absolute atomic E-state index is 12.9. The number of benzene rings is 3. The molecule has 1 amide bonds. The van der Waals surface area contributed by atoms with E-state index < -0.39 is 16.4 Å². The lowest BCUT2D eigenvalue weighted by Gasteiger charge is -2.12. The smallest absolute Gasteiger partial charge is 0.293 e. The molecule has 9 nitrogen and oxygen atoms in total. The fraction of sp³-hybridized carbons (Fsp3) is 0.0870. The average molecular weight is 496 g/mol. The van der Waals surface area contributed by atoms with Crippen molar-refractivity contribution in [1.82, 2.24) is 9.55 Å². The number of amides is 1. The first-order chi connectivity index (χ1) is 16.4. The Kier molecular flexibility index (Phi) is 6.80. The molecule has 0 radical (unpaired) electrons. The number of rotatable bonds is 7. The molecule has 4 aromatic rings. The summed E-state index contributed by atoms with van der Waals surface area (Å²) in [6, 6.07) is 17.2. The highest BCUT2D eigenvalue weighted by Gasteiger charge is 2.18. The van der Waals surface area contributed by atoms with Gasteiger partial charge in [0, 0.05) is 27.9 Å². The number of carbonyl (C=O) groups is 1. The van der Waals surface area contributed by atoms with Crippen LogP contribution in [-0.2, 0) is 11.3 Å². The number of nitro benzene ring substituents is 1. The number of anilines is 2. The largest absolute Gasteiger partial charge is 0.383 e. The summed E-state index contributed by atoms with van der Waals surface area (Å²) in [6.07, 6.45) is 1.25. The molecule has 1 aromatic heterocycles. The molecule has 0 aliphatic heterocycles. The Morgan fingerprint density at radius 3 is 2.59 bits per heavy atom. The molecule has 0 bridgehead atoms. The Morgan fingerprint density at radius 2 is 1.88 bits per heavy atom. The minimum absolute atomic E-state index is 0.0553. The molecule has 1 heterocycles. The summed E-state index contributed by atoms with van der Waals surface area (Å²) in [5, 5.41) is 17.6. The predicted molar refractivity (Wildman–Crippen MR) is 133 cm³/mol. The van der Waals surface area contributed by atoms with Crippen LogP contribution in [0.15, 0.2) is 81.6 Å². The molecule has 34 heavy (non-hydrogen) atoms. The van der Waals surface area contributed by atoms with Crippen LogP contribution < -0.4 is 16.2 Å². The molecule has 172 valence electrons. The highest BCUT2D eigenvalue weighted by molar-refractivity contribution is 7.99. The van der Waals surface area contributed by atoms with Gasteiger partial charge in [-0.15, -0.1) is 0 Å². The van der Waals surface area contributed by atoms with Crippen LogP contribution in [0, 0.1) is 10.1 Å². The van der Waals surface area contributed by atoms with Crippen molar-refractivity contribution >= 4 is 57.2 Å². The zero-order valence-electron chi connectivity index (χ0n) is 17.8. The summed E-state index contributed by atoms with van der Waals surface area (Å²) in [6.45, 7) is -0.302. The van der Waals surface area contributed by atoms with Gasteiger partial charge >= 0.3 is 0 Å². The second-order valence-electron chi connectivity index (χ2n) is 7.17. The van der Waals surface area contributed by atoms with Crippen LogP contribution in [0.5, 0.6) is 0 Å². The first-order valence-electron chi connectivity index (χ1n) is 10.0. The van der Waals surface area contributed by atoms with Crippen molar-refractivity contribution in [2.75, 3.05) is 17.7 Å². The third kappa shape index (κ3) is 5.03. The van der Waals surface area contributed by atoms with Crippen LogP contribution in [-0.4, -0.2) is 27.4 Å². The highest BCUT2D eigenvalue weighted by atomic mass is 35.5. The molecular weight excluding hydrogens is 478 g/mol. The Bertz CT molecular complexity index is 1460. The van der Waals surface area contributed by atoms with Gasteiger partial charge in [-0.1, -0.05) is 35.5 Å². The second kappa shape index (κ2) is 9.94. The van der Waals surface area contributed by atoms with E-state index in [2.05, 4.69) is 15.6 Å². The van der Waals surface area contributed by atoms with Crippen molar-refractivity contribution in [3.63, 3.8) is 0 Å². The molecule has 0 saturated carbocycles. The third-order valence-corrected chi connectivity index (χ3v) is 6.26. The summed E-state index contributed by atoms with van der Waals surface area (Å²) in [5.74, 6) is -0.436. The number of halogens is 1. The number of carbonyl (C=O) groups excluding carboxylic acids is 1. The number of hydrogen-bond donors (Lipinski definition) is 2. The van der Waals surface area contributed by atoms with E-state index in [1.54, 1.807) is 31.3 Å². The van der Waals surface area contributed by atoms with Gasteiger partial charge in [-0.25, -0.2) is 4.98 Å². The van der Waals surface area contributed by atoms with Gasteiger partial charge in [0.15, 0.2) is 0 Å². The molecule has 0 saturated heterocycles. The van der Waals surface area contributed by atoms with E-state index in [0.717, 1.165) is 14.4 Å². The monoisotopic (exact) mass is 495 g/mol. The van der Waals surface area contributed by atoms with Crippen LogP contribution >= 0.6 is 23.4 Å². The van der Waals surface area contributed by atoms with Crippen LogP contribution in [0.4, 0.5) is 17.1 Å². The van der Waals surface area contributed by atoms with Crippen molar-refractivity contribution in [3.05, 3.63) is 92.5 Å². The average Bonchev–Trinajstić information content (AvgIpc) is 2.82. The molecule has 0 unspecified atom stereocenters. The number of nitro groups is 1. The normalized spacial score (nSPS) is 10.8. The van der Waals surface area contributed by atoms with Crippen LogP contribution in [0.3, 0.4) is 0 Å². The Labute approximate surface area is 202 Å². The lowest BCUT2D eigenvalue weighted by atomic mass is 10.2. The van der Waals surface area contributed by atoms with Gasteiger partial charge in [0.1, 0.15) is 12.2 Å². The number of nitrogens with one attached hydrogen (secondary N) is 2. The molecule has 3 aromatic carbocycles. The Hall–Kier alpha value is -3.89.